The molecule has 0 spiro atoms. The fourth-order valence-corrected chi connectivity index (χ4v) is 7.55. The van der Waals surface area contributed by atoms with Gasteiger partial charge in [0.15, 0.2) is 5.79 Å². The normalized spacial score (nSPS) is 17.1. The number of hydrogen-bond donors (Lipinski definition) is 0. The molecular formula is C32H49O2P. The summed E-state index contributed by atoms with van der Waals surface area (Å²) in [5, 5.41) is 1.58. The van der Waals surface area contributed by atoms with Gasteiger partial charge in [0.05, 0.1) is 13.2 Å². The molecule has 2 aromatic carbocycles. The maximum atomic E-state index is 6.24. The van der Waals surface area contributed by atoms with Crippen LogP contribution in [0.4, 0.5) is 0 Å². The van der Waals surface area contributed by atoms with Crippen LogP contribution < -0.4 is 5.30 Å². The molecule has 0 N–H and O–H groups in total. The molecular weight excluding hydrogens is 447 g/mol. The Morgan fingerprint density at radius 2 is 1.43 bits per heavy atom. The summed E-state index contributed by atoms with van der Waals surface area (Å²) in [5.41, 5.74) is 7.32. The lowest BCUT2D eigenvalue weighted by atomic mass is 9.82. The van der Waals surface area contributed by atoms with Crippen LogP contribution in [0.3, 0.4) is 0 Å². The summed E-state index contributed by atoms with van der Waals surface area (Å²) in [6, 6.07) is 14.2. The molecule has 3 rings (SSSR count). The van der Waals surface area contributed by atoms with Crippen LogP contribution in [0.25, 0.3) is 11.1 Å². The Labute approximate surface area is 217 Å². The van der Waals surface area contributed by atoms with E-state index in [0.29, 0.717) is 31.0 Å². The van der Waals surface area contributed by atoms with Crippen molar-refractivity contribution >= 4 is 13.2 Å². The summed E-state index contributed by atoms with van der Waals surface area (Å²) in [6.07, 6.45) is 2.98. The Bertz CT molecular complexity index is 954. The third-order valence-electron chi connectivity index (χ3n) is 7.72. The maximum absolute atomic E-state index is 6.24. The van der Waals surface area contributed by atoms with Crippen LogP contribution in [0.5, 0.6) is 0 Å². The summed E-state index contributed by atoms with van der Waals surface area (Å²) in [5.74, 6) is 1.05. The van der Waals surface area contributed by atoms with Crippen LogP contribution in [-0.4, -0.2) is 30.8 Å². The fourth-order valence-electron chi connectivity index (χ4n) is 5.56. The molecule has 0 aromatic heterocycles. The predicted molar refractivity (Wildman–Crippen MR) is 155 cm³/mol. The Kier molecular flexibility index (Phi) is 9.28. The molecule has 1 aliphatic rings. The molecule has 0 saturated carbocycles. The zero-order chi connectivity index (χ0) is 26.0. The molecule has 1 atom stereocenters. The highest BCUT2D eigenvalue weighted by molar-refractivity contribution is 7.66. The largest absolute Gasteiger partial charge is 0.348 e. The molecule has 1 aliphatic heterocycles. The van der Waals surface area contributed by atoms with Gasteiger partial charge in [-0.3, -0.25) is 0 Å². The third kappa shape index (κ3) is 6.20. The Morgan fingerprint density at radius 1 is 0.886 bits per heavy atom. The van der Waals surface area contributed by atoms with Crippen LogP contribution in [0, 0.1) is 0 Å². The average Bonchev–Trinajstić information content (AvgIpc) is 3.24. The van der Waals surface area contributed by atoms with Crippen molar-refractivity contribution < 1.29 is 9.47 Å². The third-order valence-corrected chi connectivity index (χ3v) is 10.8. The SMILES string of the molecule is CCCC1(CC(C)(C)P(C)c2ccccc2-c2c(C(C)C)cc(C(C)C)cc2C(C)C)OCCO1. The van der Waals surface area contributed by atoms with Crippen LogP contribution in [0.1, 0.15) is 116 Å². The lowest BCUT2D eigenvalue weighted by Gasteiger charge is -2.40. The molecule has 0 amide bonds. The lowest BCUT2D eigenvalue weighted by molar-refractivity contribution is -0.170. The first kappa shape index (κ1) is 28.4. The predicted octanol–water partition coefficient (Wildman–Crippen LogP) is 9.17. The molecule has 3 heteroatoms. The minimum atomic E-state index is -0.466. The number of rotatable bonds is 10. The molecule has 1 heterocycles. The first-order valence-electron chi connectivity index (χ1n) is 13.7. The van der Waals surface area contributed by atoms with E-state index >= 15 is 0 Å². The van der Waals surface area contributed by atoms with Crippen molar-refractivity contribution in [2.24, 2.45) is 0 Å². The molecule has 1 fully saturated rings. The lowest BCUT2D eigenvalue weighted by Crippen LogP contribution is -2.39. The summed E-state index contributed by atoms with van der Waals surface area (Å²) in [6.45, 7) is 25.0. The Hall–Kier alpha value is -1.21. The van der Waals surface area contributed by atoms with Crippen LogP contribution in [0.15, 0.2) is 36.4 Å². The van der Waals surface area contributed by atoms with Crippen molar-refractivity contribution in [2.45, 2.75) is 110 Å². The zero-order valence-corrected chi connectivity index (χ0v) is 24.9. The first-order valence-corrected chi connectivity index (χ1v) is 15.5. The van der Waals surface area contributed by atoms with Gasteiger partial charge in [0.1, 0.15) is 0 Å². The number of ether oxygens (including phenoxy) is 2. The molecule has 1 unspecified atom stereocenters. The van der Waals surface area contributed by atoms with Gasteiger partial charge in [0.25, 0.3) is 0 Å². The van der Waals surface area contributed by atoms with Gasteiger partial charge in [0, 0.05) is 12.8 Å². The van der Waals surface area contributed by atoms with E-state index in [2.05, 4.69) is 105 Å². The van der Waals surface area contributed by atoms with E-state index in [9.17, 15) is 0 Å². The van der Waals surface area contributed by atoms with Crippen LogP contribution in [-0.2, 0) is 9.47 Å². The molecule has 0 radical (unpaired) electrons. The number of benzene rings is 2. The standard InChI is InChI=1S/C32H49O2P/c1-11-16-32(33-17-18-34-32)21-31(8,9)35(10)29-15-13-12-14-26(29)30-27(23(4)5)19-25(22(2)3)20-28(30)24(6)7/h12-15,19-20,22-24H,11,16-18,21H2,1-10H3. The Balaban J connectivity index is 2.14. The van der Waals surface area contributed by atoms with Gasteiger partial charge in [-0.25, -0.2) is 0 Å². The maximum Gasteiger partial charge on any atom is 0.169 e. The monoisotopic (exact) mass is 496 g/mol. The highest BCUT2D eigenvalue weighted by atomic mass is 31.1. The van der Waals surface area contributed by atoms with E-state index in [4.69, 9.17) is 9.47 Å². The van der Waals surface area contributed by atoms with E-state index in [0.717, 1.165) is 19.3 Å². The second-order valence-electron chi connectivity index (χ2n) is 12.0. The molecule has 2 nitrogen and oxygen atoms in total. The van der Waals surface area contributed by atoms with E-state index in [1.807, 2.05) is 0 Å². The summed E-state index contributed by atoms with van der Waals surface area (Å²) < 4.78 is 12.5. The second kappa shape index (κ2) is 11.5. The summed E-state index contributed by atoms with van der Waals surface area (Å²) in [7, 11) is -0.466. The van der Waals surface area contributed by atoms with Gasteiger partial charge in [-0.05, 0) is 62.7 Å². The van der Waals surface area contributed by atoms with Crippen molar-refractivity contribution in [3.8, 4) is 11.1 Å². The minimum absolute atomic E-state index is 0.0822. The van der Waals surface area contributed by atoms with Crippen LogP contribution in [0.2, 0.25) is 0 Å². The smallest absolute Gasteiger partial charge is 0.169 e. The number of hydrogen-bond acceptors (Lipinski definition) is 2. The van der Waals surface area contributed by atoms with Gasteiger partial charge >= 0.3 is 0 Å². The quantitative estimate of drug-likeness (QED) is 0.305. The molecule has 0 bridgehead atoms. The Morgan fingerprint density at radius 3 is 1.91 bits per heavy atom. The van der Waals surface area contributed by atoms with Gasteiger partial charge in [-0.15, -0.1) is 0 Å². The van der Waals surface area contributed by atoms with E-state index in [-0.39, 0.29) is 5.16 Å². The first-order chi connectivity index (χ1) is 16.4. The van der Waals surface area contributed by atoms with Gasteiger partial charge in [-0.2, -0.15) is 0 Å². The topological polar surface area (TPSA) is 18.5 Å². The van der Waals surface area contributed by atoms with Gasteiger partial charge < -0.3 is 9.47 Å². The minimum Gasteiger partial charge on any atom is -0.348 e. The van der Waals surface area contributed by atoms with Crippen molar-refractivity contribution in [2.75, 3.05) is 19.9 Å². The molecule has 194 valence electrons. The average molecular weight is 497 g/mol. The van der Waals surface area contributed by atoms with Gasteiger partial charge in [0.2, 0.25) is 0 Å². The van der Waals surface area contributed by atoms with Crippen molar-refractivity contribution in [1.29, 1.82) is 0 Å². The highest BCUT2D eigenvalue weighted by Gasteiger charge is 2.43. The second-order valence-corrected chi connectivity index (χ2v) is 14.8. The highest BCUT2D eigenvalue weighted by Crippen LogP contribution is 2.53. The molecule has 1 saturated heterocycles. The van der Waals surface area contributed by atoms with Crippen molar-refractivity contribution in [3.63, 3.8) is 0 Å². The van der Waals surface area contributed by atoms with Gasteiger partial charge in [-0.1, -0.05) is 113 Å². The molecule has 0 aliphatic carbocycles. The fraction of sp³-hybridized carbons (Fsp3) is 0.625. The van der Waals surface area contributed by atoms with Crippen molar-refractivity contribution in [3.05, 3.63) is 53.1 Å². The van der Waals surface area contributed by atoms with E-state index in [1.54, 1.807) is 0 Å². The molecule has 2 aromatic rings. The van der Waals surface area contributed by atoms with Crippen molar-refractivity contribution in [1.82, 2.24) is 0 Å². The van der Waals surface area contributed by atoms with E-state index < -0.39 is 13.7 Å². The zero-order valence-electron chi connectivity index (χ0n) is 24.0. The summed E-state index contributed by atoms with van der Waals surface area (Å²) >= 11 is 0. The van der Waals surface area contributed by atoms with E-state index in [1.165, 1.54) is 33.1 Å². The molecule has 35 heavy (non-hydrogen) atoms. The van der Waals surface area contributed by atoms with Crippen LogP contribution >= 0.6 is 7.92 Å². The summed E-state index contributed by atoms with van der Waals surface area (Å²) in [4.78, 5) is 0.